The molecule has 1 aromatic heterocycles. The van der Waals surface area contributed by atoms with E-state index in [9.17, 15) is 0 Å². The Bertz CT molecular complexity index is 210. The predicted molar refractivity (Wildman–Crippen MR) is 46.9 cm³/mol. The Morgan fingerprint density at radius 2 is 2.36 bits per heavy atom. The summed E-state index contributed by atoms with van der Waals surface area (Å²) < 4.78 is 5.21. The molecule has 0 bridgehead atoms. The van der Waals surface area contributed by atoms with Crippen molar-refractivity contribution in [3.05, 3.63) is 12.0 Å². The van der Waals surface area contributed by atoms with E-state index in [1.165, 1.54) is 0 Å². The average Bonchev–Trinajstić information content (AvgIpc) is 2.48. The highest BCUT2D eigenvalue weighted by Gasteiger charge is 2.00. The van der Waals surface area contributed by atoms with Crippen LogP contribution in [0.15, 0.2) is 15.9 Å². The first-order valence-electron chi connectivity index (χ1n) is 3.94. The molecule has 0 aliphatic rings. The van der Waals surface area contributed by atoms with Crippen molar-refractivity contribution in [2.24, 2.45) is 0 Å². The number of thioether (sulfide) groups is 1. The van der Waals surface area contributed by atoms with Gasteiger partial charge in [0, 0.05) is 5.75 Å². The third-order valence-electron chi connectivity index (χ3n) is 1.32. The van der Waals surface area contributed by atoms with Gasteiger partial charge in [0.1, 0.15) is 6.26 Å². The maximum absolute atomic E-state index is 5.21. The van der Waals surface area contributed by atoms with Gasteiger partial charge in [0.25, 0.3) is 5.22 Å². The second-order valence-electron chi connectivity index (χ2n) is 2.31. The Labute approximate surface area is 71.4 Å². The molecular formula is C8H13NOS. The van der Waals surface area contributed by atoms with Crippen LogP contribution in [-0.2, 0) is 6.42 Å². The minimum atomic E-state index is 0.809. The number of oxazole rings is 1. The Hall–Kier alpha value is -0.440. The third-order valence-corrected chi connectivity index (χ3v) is 2.37. The second kappa shape index (κ2) is 4.44. The van der Waals surface area contributed by atoms with Crippen molar-refractivity contribution in [1.82, 2.24) is 4.98 Å². The molecule has 62 valence electrons. The summed E-state index contributed by atoms with van der Waals surface area (Å²) in [6.45, 7) is 4.22. The van der Waals surface area contributed by atoms with Crippen molar-refractivity contribution in [2.75, 3.05) is 5.75 Å². The van der Waals surface area contributed by atoms with Crippen LogP contribution < -0.4 is 0 Å². The van der Waals surface area contributed by atoms with Gasteiger partial charge < -0.3 is 4.42 Å². The molecule has 1 aromatic rings. The van der Waals surface area contributed by atoms with E-state index in [1.807, 2.05) is 0 Å². The van der Waals surface area contributed by atoms with Gasteiger partial charge in [0.05, 0.1) is 5.69 Å². The minimum Gasteiger partial charge on any atom is -0.440 e. The van der Waals surface area contributed by atoms with E-state index in [0.717, 1.165) is 29.5 Å². The van der Waals surface area contributed by atoms with Gasteiger partial charge in [-0.25, -0.2) is 4.98 Å². The summed E-state index contributed by atoms with van der Waals surface area (Å²) in [7, 11) is 0. The molecule has 0 aliphatic carbocycles. The Kier molecular flexibility index (Phi) is 3.49. The molecule has 0 spiro atoms. The summed E-state index contributed by atoms with van der Waals surface area (Å²) >= 11 is 1.68. The van der Waals surface area contributed by atoms with Gasteiger partial charge in [-0.1, -0.05) is 25.6 Å². The molecule has 1 heterocycles. The van der Waals surface area contributed by atoms with Crippen LogP contribution >= 0.6 is 11.8 Å². The van der Waals surface area contributed by atoms with Gasteiger partial charge in [0.15, 0.2) is 0 Å². The highest BCUT2D eigenvalue weighted by molar-refractivity contribution is 7.99. The molecule has 2 nitrogen and oxygen atoms in total. The first kappa shape index (κ1) is 8.65. The molecule has 1 rings (SSSR count). The van der Waals surface area contributed by atoms with E-state index in [2.05, 4.69) is 18.8 Å². The molecule has 0 saturated heterocycles. The van der Waals surface area contributed by atoms with Gasteiger partial charge in [-0.2, -0.15) is 0 Å². The highest BCUT2D eigenvalue weighted by atomic mass is 32.2. The quantitative estimate of drug-likeness (QED) is 0.651. The Morgan fingerprint density at radius 3 is 2.91 bits per heavy atom. The molecule has 11 heavy (non-hydrogen) atoms. The summed E-state index contributed by atoms with van der Waals surface area (Å²) in [5, 5.41) is 0.809. The van der Waals surface area contributed by atoms with Crippen LogP contribution in [0.1, 0.15) is 26.0 Å². The van der Waals surface area contributed by atoms with Crippen LogP contribution in [0.4, 0.5) is 0 Å². The maximum Gasteiger partial charge on any atom is 0.255 e. The van der Waals surface area contributed by atoms with E-state index in [1.54, 1.807) is 18.0 Å². The maximum atomic E-state index is 5.21. The molecule has 0 amide bonds. The molecular weight excluding hydrogens is 158 g/mol. The molecule has 0 N–H and O–H groups in total. The lowest BCUT2D eigenvalue weighted by Crippen LogP contribution is -1.79. The zero-order chi connectivity index (χ0) is 8.10. The van der Waals surface area contributed by atoms with Crippen molar-refractivity contribution in [2.45, 2.75) is 31.9 Å². The van der Waals surface area contributed by atoms with E-state index >= 15 is 0 Å². The standard InChI is InChI=1S/C8H13NOS/c1-3-5-11-8-9-7(4-2)6-10-8/h6H,3-5H2,1-2H3. The normalized spacial score (nSPS) is 10.4. The van der Waals surface area contributed by atoms with Crippen LogP contribution in [0.25, 0.3) is 0 Å². The van der Waals surface area contributed by atoms with Crippen molar-refractivity contribution in [1.29, 1.82) is 0 Å². The van der Waals surface area contributed by atoms with Crippen LogP contribution in [-0.4, -0.2) is 10.7 Å². The SMILES string of the molecule is CCCSc1nc(CC)co1. The summed E-state index contributed by atoms with van der Waals surface area (Å²) in [6, 6.07) is 0. The number of rotatable bonds is 4. The van der Waals surface area contributed by atoms with Crippen molar-refractivity contribution in [3.63, 3.8) is 0 Å². The Balaban J connectivity index is 2.44. The van der Waals surface area contributed by atoms with E-state index in [4.69, 9.17) is 4.42 Å². The molecule has 3 heteroatoms. The van der Waals surface area contributed by atoms with Crippen LogP contribution in [0.5, 0.6) is 0 Å². The molecule has 0 aromatic carbocycles. The average molecular weight is 171 g/mol. The molecule has 0 atom stereocenters. The van der Waals surface area contributed by atoms with Crippen molar-refractivity contribution >= 4 is 11.8 Å². The van der Waals surface area contributed by atoms with Crippen molar-refractivity contribution in [3.8, 4) is 0 Å². The number of aromatic nitrogens is 1. The molecule has 0 radical (unpaired) electrons. The van der Waals surface area contributed by atoms with Crippen LogP contribution in [0, 0.1) is 0 Å². The van der Waals surface area contributed by atoms with Gasteiger partial charge in [-0.05, 0) is 12.8 Å². The number of hydrogen-bond acceptors (Lipinski definition) is 3. The molecule has 0 saturated carbocycles. The number of aryl methyl sites for hydroxylation is 1. The second-order valence-corrected chi connectivity index (χ2v) is 3.35. The van der Waals surface area contributed by atoms with Gasteiger partial charge in [-0.15, -0.1) is 0 Å². The van der Waals surface area contributed by atoms with Crippen molar-refractivity contribution < 1.29 is 4.42 Å². The van der Waals surface area contributed by atoms with Gasteiger partial charge in [0.2, 0.25) is 0 Å². The predicted octanol–water partition coefficient (Wildman–Crippen LogP) is 2.74. The Morgan fingerprint density at radius 1 is 1.55 bits per heavy atom. The fourth-order valence-electron chi connectivity index (χ4n) is 0.706. The minimum absolute atomic E-state index is 0.809. The fourth-order valence-corrected chi connectivity index (χ4v) is 1.38. The summed E-state index contributed by atoms with van der Waals surface area (Å²) in [5.41, 5.74) is 1.05. The topological polar surface area (TPSA) is 26.0 Å². The lowest BCUT2D eigenvalue weighted by Gasteiger charge is -1.89. The summed E-state index contributed by atoms with van der Waals surface area (Å²) in [4.78, 5) is 4.26. The van der Waals surface area contributed by atoms with E-state index in [-0.39, 0.29) is 0 Å². The third kappa shape index (κ3) is 2.58. The fraction of sp³-hybridized carbons (Fsp3) is 0.625. The smallest absolute Gasteiger partial charge is 0.255 e. The number of hydrogen-bond donors (Lipinski definition) is 0. The number of nitrogens with zero attached hydrogens (tertiary/aromatic N) is 1. The summed E-state index contributed by atoms with van der Waals surface area (Å²) in [5.74, 6) is 1.09. The van der Waals surface area contributed by atoms with Crippen LogP contribution in [0.2, 0.25) is 0 Å². The van der Waals surface area contributed by atoms with E-state index in [0.29, 0.717) is 0 Å². The monoisotopic (exact) mass is 171 g/mol. The molecule has 0 unspecified atom stereocenters. The zero-order valence-corrected chi connectivity index (χ0v) is 7.78. The van der Waals surface area contributed by atoms with Gasteiger partial charge in [-0.3, -0.25) is 0 Å². The first-order valence-corrected chi connectivity index (χ1v) is 4.92. The summed E-state index contributed by atoms with van der Waals surface area (Å²) in [6.07, 6.45) is 3.85. The van der Waals surface area contributed by atoms with Crippen LogP contribution in [0.3, 0.4) is 0 Å². The molecule has 0 aliphatic heterocycles. The largest absolute Gasteiger partial charge is 0.440 e. The van der Waals surface area contributed by atoms with Gasteiger partial charge >= 0.3 is 0 Å². The highest BCUT2D eigenvalue weighted by Crippen LogP contribution is 2.17. The zero-order valence-electron chi connectivity index (χ0n) is 6.96. The van der Waals surface area contributed by atoms with E-state index < -0.39 is 0 Å². The first-order chi connectivity index (χ1) is 5.36. The lowest BCUT2D eigenvalue weighted by molar-refractivity contribution is 0.454. The molecule has 0 fully saturated rings. The lowest BCUT2D eigenvalue weighted by atomic mass is 10.4.